The SMILES string of the molecule is Cc1cc(Cl)ccc1CNc1cc(I)ccc1C. The van der Waals surface area contributed by atoms with Gasteiger partial charge >= 0.3 is 0 Å². The fourth-order valence-electron chi connectivity index (χ4n) is 1.83. The highest BCUT2D eigenvalue weighted by atomic mass is 127. The number of hydrogen-bond acceptors (Lipinski definition) is 1. The second-order valence-electron chi connectivity index (χ2n) is 4.38. The Balaban J connectivity index is 2.13. The highest BCUT2D eigenvalue weighted by Gasteiger charge is 2.02. The molecule has 0 heterocycles. The number of anilines is 1. The van der Waals surface area contributed by atoms with Gasteiger partial charge in [0.05, 0.1) is 0 Å². The van der Waals surface area contributed by atoms with Crippen LogP contribution < -0.4 is 5.32 Å². The molecule has 2 rings (SSSR count). The minimum Gasteiger partial charge on any atom is -0.381 e. The number of nitrogens with one attached hydrogen (secondary N) is 1. The molecule has 0 aliphatic heterocycles. The lowest BCUT2D eigenvalue weighted by molar-refractivity contribution is 1.11. The van der Waals surface area contributed by atoms with Gasteiger partial charge in [-0.05, 0) is 77.4 Å². The van der Waals surface area contributed by atoms with Gasteiger partial charge in [0.2, 0.25) is 0 Å². The first-order valence-corrected chi connectivity index (χ1v) is 7.27. The van der Waals surface area contributed by atoms with Crippen LogP contribution in [-0.4, -0.2) is 0 Å². The number of hydrogen-bond donors (Lipinski definition) is 1. The maximum atomic E-state index is 5.96. The lowest BCUT2D eigenvalue weighted by Crippen LogP contribution is -2.02. The molecule has 0 spiro atoms. The van der Waals surface area contributed by atoms with Crippen LogP contribution in [0.3, 0.4) is 0 Å². The Kier molecular flexibility index (Phi) is 4.51. The molecule has 1 N–H and O–H groups in total. The first-order valence-electron chi connectivity index (χ1n) is 5.81. The molecule has 0 radical (unpaired) electrons. The van der Waals surface area contributed by atoms with E-state index >= 15 is 0 Å². The van der Waals surface area contributed by atoms with Crippen LogP contribution >= 0.6 is 34.2 Å². The van der Waals surface area contributed by atoms with Crippen molar-refractivity contribution < 1.29 is 0 Å². The van der Waals surface area contributed by atoms with Crippen molar-refractivity contribution in [1.29, 1.82) is 0 Å². The van der Waals surface area contributed by atoms with Gasteiger partial charge < -0.3 is 5.32 Å². The molecule has 94 valence electrons. The van der Waals surface area contributed by atoms with Gasteiger partial charge in [-0.1, -0.05) is 23.7 Å². The summed E-state index contributed by atoms with van der Waals surface area (Å²) in [4.78, 5) is 0. The lowest BCUT2D eigenvalue weighted by atomic mass is 10.1. The van der Waals surface area contributed by atoms with Crippen LogP contribution in [0.1, 0.15) is 16.7 Å². The topological polar surface area (TPSA) is 12.0 Å². The lowest BCUT2D eigenvalue weighted by Gasteiger charge is -2.12. The molecule has 0 saturated carbocycles. The summed E-state index contributed by atoms with van der Waals surface area (Å²) in [5.74, 6) is 0. The van der Waals surface area contributed by atoms with E-state index in [0.717, 1.165) is 11.6 Å². The molecule has 0 aromatic heterocycles. The van der Waals surface area contributed by atoms with E-state index in [1.165, 1.54) is 25.9 Å². The van der Waals surface area contributed by atoms with E-state index in [1.807, 2.05) is 12.1 Å². The summed E-state index contributed by atoms with van der Waals surface area (Å²) in [5.41, 5.74) is 4.95. The average Bonchev–Trinajstić information content (AvgIpc) is 2.32. The summed E-state index contributed by atoms with van der Waals surface area (Å²) in [6.45, 7) is 5.03. The fourth-order valence-corrected chi connectivity index (χ4v) is 2.55. The first kappa shape index (κ1) is 13.7. The summed E-state index contributed by atoms with van der Waals surface area (Å²) in [6, 6.07) is 12.4. The third-order valence-corrected chi connectivity index (χ3v) is 3.88. The van der Waals surface area contributed by atoms with Gasteiger partial charge in [0, 0.05) is 20.8 Å². The Morgan fingerprint density at radius 3 is 2.56 bits per heavy atom. The maximum Gasteiger partial charge on any atom is 0.0408 e. The molecule has 3 heteroatoms. The van der Waals surface area contributed by atoms with Crippen molar-refractivity contribution >= 4 is 39.9 Å². The van der Waals surface area contributed by atoms with Crippen LogP contribution in [-0.2, 0) is 6.54 Å². The molecule has 0 fully saturated rings. The van der Waals surface area contributed by atoms with Crippen LogP contribution in [0.25, 0.3) is 0 Å². The molecule has 0 bridgehead atoms. The normalized spacial score (nSPS) is 10.4. The van der Waals surface area contributed by atoms with E-state index in [-0.39, 0.29) is 0 Å². The smallest absolute Gasteiger partial charge is 0.0408 e. The minimum atomic E-state index is 0.793. The van der Waals surface area contributed by atoms with Crippen molar-refractivity contribution in [3.05, 3.63) is 61.7 Å². The highest BCUT2D eigenvalue weighted by Crippen LogP contribution is 2.20. The zero-order valence-electron chi connectivity index (χ0n) is 10.4. The van der Waals surface area contributed by atoms with Crippen molar-refractivity contribution in [3.8, 4) is 0 Å². The molecular formula is C15H15ClIN. The van der Waals surface area contributed by atoms with Crippen LogP contribution in [0.15, 0.2) is 36.4 Å². The third-order valence-electron chi connectivity index (χ3n) is 2.97. The standard InChI is InChI=1S/C15H15ClIN/c1-10-3-6-14(17)8-15(10)18-9-12-4-5-13(16)7-11(12)2/h3-8,18H,9H2,1-2H3. The summed E-state index contributed by atoms with van der Waals surface area (Å²) < 4.78 is 1.24. The molecule has 0 saturated heterocycles. The number of rotatable bonds is 3. The zero-order chi connectivity index (χ0) is 13.1. The maximum absolute atomic E-state index is 5.96. The molecule has 0 unspecified atom stereocenters. The van der Waals surface area contributed by atoms with Gasteiger partial charge in [0.15, 0.2) is 0 Å². The Hall–Kier alpha value is -0.740. The molecule has 18 heavy (non-hydrogen) atoms. The van der Waals surface area contributed by atoms with Crippen LogP contribution in [0.4, 0.5) is 5.69 Å². The molecule has 0 amide bonds. The van der Waals surface area contributed by atoms with Gasteiger partial charge in [-0.15, -0.1) is 0 Å². The second kappa shape index (κ2) is 5.93. The molecule has 0 atom stereocenters. The Morgan fingerprint density at radius 2 is 1.83 bits per heavy atom. The summed E-state index contributed by atoms with van der Waals surface area (Å²) >= 11 is 8.29. The van der Waals surface area contributed by atoms with Crippen LogP contribution in [0, 0.1) is 17.4 Å². The van der Waals surface area contributed by atoms with Gasteiger partial charge in [-0.3, -0.25) is 0 Å². The van der Waals surface area contributed by atoms with E-state index in [0.29, 0.717) is 0 Å². The molecule has 0 aliphatic rings. The predicted octanol–water partition coefficient (Wildman–Crippen LogP) is 5.17. The van der Waals surface area contributed by atoms with E-state index < -0.39 is 0 Å². The molecule has 2 aromatic carbocycles. The molecule has 0 aliphatic carbocycles. The summed E-state index contributed by atoms with van der Waals surface area (Å²) in [5, 5.41) is 4.28. The molecular weight excluding hydrogens is 357 g/mol. The fraction of sp³-hybridized carbons (Fsp3) is 0.200. The second-order valence-corrected chi connectivity index (χ2v) is 6.07. The van der Waals surface area contributed by atoms with E-state index in [9.17, 15) is 0 Å². The quantitative estimate of drug-likeness (QED) is 0.734. The van der Waals surface area contributed by atoms with Crippen LogP contribution in [0.5, 0.6) is 0 Å². The van der Waals surface area contributed by atoms with Crippen molar-refractivity contribution in [1.82, 2.24) is 0 Å². The monoisotopic (exact) mass is 371 g/mol. The molecule has 1 nitrogen and oxygen atoms in total. The highest BCUT2D eigenvalue weighted by molar-refractivity contribution is 14.1. The summed E-state index contributed by atoms with van der Waals surface area (Å²) in [6.07, 6.45) is 0. The Bertz CT molecular complexity index is 566. The van der Waals surface area contributed by atoms with E-state index in [4.69, 9.17) is 11.6 Å². The van der Waals surface area contributed by atoms with Crippen molar-refractivity contribution in [3.63, 3.8) is 0 Å². The summed E-state index contributed by atoms with van der Waals surface area (Å²) in [7, 11) is 0. The number of aryl methyl sites for hydroxylation is 2. The van der Waals surface area contributed by atoms with Gasteiger partial charge in [0.25, 0.3) is 0 Å². The van der Waals surface area contributed by atoms with Gasteiger partial charge in [-0.2, -0.15) is 0 Å². The molecule has 2 aromatic rings. The van der Waals surface area contributed by atoms with E-state index in [2.05, 4.69) is 66.0 Å². The van der Waals surface area contributed by atoms with Crippen LogP contribution in [0.2, 0.25) is 5.02 Å². The van der Waals surface area contributed by atoms with Crippen molar-refractivity contribution in [2.75, 3.05) is 5.32 Å². The first-order chi connectivity index (χ1) is 8.56. The van der Waals surface area contributed by atoms with Crippen molar-refractivity contribution in [2.24, 2.45) is 0 Å². The van der Waals surface area contributed by atoms with E-state index in [1.54, 1.807) is 0 Å². The largest absolute Gasteiger partial charge is 0.381 e. The Morgan fingerprint density at radius 1 is 1.06 bits per heavy atom. The number of halogens is 2. The minimum absolute atomic E-state index is 0.793. The zero-order valence-corrected chi connectivity index (χ0v) is 13.3. The Labute approximate surface area is 127 Å². The van der Waals surface area contributed by atoms with Gasteiger partial charge in [0.1, 0.15) is 0 Å². The van der Waals surface area contributed by atoms with Gasteiger partial charge in [-0.25, -0.2) is 0 Å². The number of benzene rings is 2. The average molecular weight is 372 g/mol. The third kappa shape index (κ3) is 3.39. The predicted molar refractivity (Wildman–Crippen MR) is 87.4 cm³/mol. The van der Waals surface area contributed by atoms with Crippen molar-refractivity contribution in [2.45, 2.75) is 20.4 Å².